The fraction of sp³-hybridized carbons (Fsp3) is 0.429. The Morgan fingerprint density at radius 1 is 1.38 bits per heavy atom. The van der Waals surface area contributed by atoms with E-state index < -0.39 is 16.6 Å². The summed E-state index contributed by atoms with van der Waals surface area (Å²) in [5.41, 5.74) is 1.86. The number of aromatic nitrogens is 3. The highest BCUT2D eigenvalue weighted by Gasteiger charge is 2.33. The summed E-state index contributed by atoms with van der Waals surface area (Å²) in [5.74, 6) is 0. The van der Waals surface area contributed by atoms with E-state index in [1.807, 2.05) is 0 Å². The van der Waals surface area contributed by atoms with Gasteiger partial charge in [-0.15, -0.1) is 0 Å². The van der Waals surface area contributed by atoms with Crippen LogP contribution in [0.3, 0.4) is 0 Å². The zero-order valence-electron chi connectivity index (χ0n) is 13.2. The molecule has 0 atom stereocenters. The Kier molecular flexibility index (Phi) is 4.16. The second kappa shape index (κ2) is 6.00. The van der Waals surface area contributed by atoms with Crippen molar-refractivity contribution in [3.8, 4) is 0 Å². The number of rotatable bonds is 4. The largest absolute Gasteiger partial charge is 0.387 e. The van der Waals surface area contributed by atoms with Crippen LogP contribution >= 0.6 is 0 Å². The van der Waals surface area contributed by atoms with E-state index in [1.165, 1.54) is 11.2 Å². The number of nitrogens with zero attached hydrogens (tertiary/aromatic N) is 4. The highest BCUT2D eigenvalue weighted by atomic mass is 32.2. The molecule has 0 aromatic carbocycles. The van der Waals surface area contributed by atoms with Gasteiger partial charge in [-0.3, -0.25) is 9.29 Å². The summed E-state index contributed by atoms with van der Waals surface area (Å²) in [6.07, 6.45) is 3.79. The summed E-state index contributed by atoms with van der Waals surface area (Å²) in [7, 11) is -2.28. The highest BCUT2D eigenvalue weighted by Crippen LogP contribution is 2.33. The average molecular weight is 357 g/mol. The summed E-state index contributed by atoms with van der Waals surface area (Å²) in [6.45, 7) is -1.22. The lowest BCUT2D eigenvalue weighted by Crippen LogP contribution is -2.36. The summed E-state index contributed by atoms with van der Waals surface area (Å²) in [5, 5.41) is 6.51. The highest BCUT2D eigenvalue weighted by molar-refractivity contribution is 7.92. The summed E-state index contributed by atoms with van der Waals surface area (Å²) in [6, 6.07) is 1.70. The smallest absolute Gasteiger partial charge is 0.333 e. The molecule has 0 saturated heterocycles. The molecule has 1 aliphatic rings. The van der Waals surface area contributed by atoms with Gasteiger partial charge in [0.1, 0.15) is 4.90 Å². The molecule has 0 amide bonds. The van der Waals surface area contributed by atoms with Crippen molar-refractivity contribution in [1.82, 2.24) is 14.8 Å². The molecule has 1 aliphatic heterocycles. The van der Waals surface area contributed by atoms with Gasteiger partial charge in [-0.2, -0.15) is 13.9 Å². The molecule has 2 aromatic heterocycles. The van der Waals surface area contributed by atoms with Crippen LogP contribution in [0.2, 0.25) is 0 Å². The van der Waals surface area contributed by atoms with Crippen LogP contribution in [-0.2, 0) is 16.4 Å². The molecule has 24 heavy (non-hydrogen) atoms. The van der Waals surface area contributed by atoms with Gasteiger partial charge in [-0.25, -0.2) is 13.1 Å². The quantitative estimate of drug-likeness (QED) is 0.907. The van der Waals surface area contributed by atoms with Crippen molar-refractivity contribution in [2.75, 3.05) is 23.2 Å². The maximum atomic E-state index is 13.0. The molecule has 10 heteroatoms. The van der Waals surface area contributed by atoms with Crippen molar-refractivity contribution in [3.05, 3.63) is 29.8 Å². The van der Waals surface area contributed by atoms with Crippen LogP contribution in [0.5, 0.6) is 0 Å². The van der Waals surface area contributed by atoms with Crippen LogP contribution in [0, 0.1) is 6.92 Å². The Bertz CT molecular complexity index is 866. The first-order valence-corrected chi connectivity index (χ1v) is 8.82. The molecule has 3 heterocycles. The van der Waals surface area contributed by atoms with Gasteiger partial charge in [-0.1, -0.05) is 0 Å². The molecule has 130 valence electrons. The van der Waals surface area contributed by atoms with E-state index in [4.69, 9.17) is 0 Å². The minimum Gasteiger partial charge on any atom is -0.387 e. The van der Waals surface area contributed by atoms with Gasteiger partial charge in [0.2, 0.25) is 0 Å². The molecule has 1 N–H and O–H groups in total. The third kappa shape index (κ3) is 2.70. The van der Waals surface area contributed by atoms with Gasteiger partial charge in [0.15, 0.2) is 0 Å². The topological polar surface area (TPSA) is 80.1 Å². The number of aryl methyl sites for hydroxylation is 2. The number of nitrogens with one attached hydrogen (secondary N) is 1. The van der Waals surface area contributed by atoms with E-state index in [1.54, 1.807) is 19.3 Å². The minimum absolute atomic E-state index is 0.0418. The van der Waals surface area contributed by atoms with Crippen molar-refractivity contribution < 1.29 is 17.2 Å². The SMILES string of the molecule is CNc1cnc2c(c1)N(S(=O)(=O)c1cn(C(F)F)nc1C)CCC2. The first kappa shape index (κ1) is 16.6. The minimum atomic E-state index is -3.99. The Labute approximate surface area is 138 Å². The van der Waals surface area contributed by atoms with Crippen molar-refractivity contribution in [2.45, 2.75) is 31.2 Å². The monoisotopic (exact) mass is 357 g/mol. The van der Waals surface area contributed by atoms with E-state index >= 15 is 0 Å². The van der Waals surface area contributed by atoms with Gasteiger partial charge in [-0.05, 0) is 25.8 Å². The number of fused-ring (bicyclic) bond motifs is 1. The Morgan fingerprint density at radius 3 is 2.75 bits per heavy atom. The first-order chi connectivity index (χ1) is 11.3. The average Bonchev–Trinajstić information content (AvgIpc) is 2.96. The van der Waals surface area contributed by atoms with Crippen LogP contribution in [0.4, 0.5) is 20.2 Å². The molecule has 0 fully saturated rings. The molecule has 7 nitrogen and oxygen atoms in total. The molecule has 0 unspecified atom stereocenters. The molecule has 2 aromatic rings. The van der Waals surface area contributed by atoms with E-state index in [0.717, 1.165) is 6.20 Å². The number of anilines is 2. The van der Waals surface area contributed by atoms with Gasteiger partial charge in [0.25, 0.3) is 10.0 Å². The van der Waals surface area contributed by atoms with Crippen molar-refractivity contribution in [3.63, 3.8) is 0 Å². The summed E-state index contributed by atoms with van der Waals surface area (Å²) >= 11 is 0. The third-order valence-electron chi connectivity index (χ3n) is 3.92. The zero-order chi connectivity index (χ0) is 17.5. The molecule has 0 spiro atoms. The lowest BCUT2D eigenvalue weighted by Gasteiger charge is -2.29. The predicted molar refractivity (Wildman–Crippen MR) is 84.9 cm³/mol. The predicted octanol–water partition coefficient (Wildman–Crippen LogP) is 2.16. The lowest BCUT2D eigenvalue weighted by molar-refractivity contribution is 0.0561. The second-order valence-electron chi connectivity index (χ2n) is 5.46. The number of hydrogen-bond donors (Lipinski definition) is 1. The fourth-order valence-corrected chi connectivity index (χ4v) is 4.40. The van der Waals surface area contributed by atoms with Crippen molar-refractivity contribution >= 4 is 21.4 Å². The first-order valence-electron chi connectivity index (χ1n) is 7.38. The van der Waals surface area contributed by atoms with Crippen LogP contribution in [-0.4, -0.2) is 36.8 Å². The number of halogens is 2. The van der Waals surface area contributed by atoms with Gasteiger partial charge < -0.3 is 5.32 Å². The van der Waals surface area contributed by atoms with E-state index in [0.29, 0.717) is 34.6 Å². The Balaban J connectivity index is 2.09. The maximum absolute atomic E-state index is 13.0. The lowest BCUT2D eigenvalue weighted by atomic mass is 10.1. The van der Waals surface area contributed by atoms with E-state index in [2.05, 4.69) is 15.4 Å². The molecule has 0 bridgehead atoms. The number of alkyl halides is 2. The normalized spacial score (nSPS) is 14.8. The third-order valence-corrected chi connectivity index (χ3v) is 5.84. The maximum Gasteiger partial charge on any atom is 0.333 e. The van der Waals surface area contributed by atoms with Gasteiger partial charge >= 0.3 is 6.55 Å². The van der Waals surface area contributed by atoms with Crippen LogP contribution < -0.4 is 9.62 Å². The summed E-state index contributed by atoms with van der Waals surface area (Å²) in [4.78, 5) is 4.08. The molecule has 0 radical (unpaired) electrons. The standard InChI is InChI=1S/C14H17F2N5O2S/c1-9-13(8-20(19-9)14(15)16)24(22,23)21-5-3-4-11-12(21)6-10(17-2)7-18-11/h6-8,14,17H,3-5H2,1-2H3. The van der Waals surface area contributed by atoms with Gasteiger partial charge in [0, 0.05) is 13.6 Å². The number of hydrogen-bond acceptors (Lipinski definition) is 5. The van der Waals surface area contributed by atoms with Gasteiger partial charge in [0.05, 0.1) is 35.2 Å². The van der Waals surface area contributed by atoms with Crippen LogP contribution in [0.15, 0.2) is 23.4 Å². The Morgan fingerprint density at radius 2 is 2.12 bits per heavy atom. The number of pyridine rings is 1. The van der Waals surface area contributed by atoms with Crippen LogP contribution in [0.1, 0.15) is 24.4 Å². The second-order valence-corrected chi connectivity index (χ2v) is 7.29. The molecule has 0 saturated carbocycles. The van der Waals surface area contributed by atoms with E-state index in [9.17, 15) is 17.2 Å². The Hall–Kier alpha value is -2.23. The van der Waals surface area contributed by atoms with E-state index in [-0.39, 0.29) is 17.1 Å². The fourth-order valence-electron chi connectivity index (χ4n) is 2.72. The molecule has 0 aliphatic carbocycles. The summed E-state index contributed by atoms with van der Waals surface area (Å²) < 4.78 is 53.2. The molecular weight excluding hydrogens is 340 g/mol. The molecule has 3 rings (SSSR count). The van der Waals surface area contributed by atoms with Crippen LogP contribution in [0.25, 0.3) is 0 Å². The van der Waals surface area contributed by atoms with Crippen molar-refractivity contribution in [1.29, 1.82) is 0 Å². The van der Waals surface area contributed by atoms with Crippen molar-refractivity contribution in [2.24, 2.45) is 0 Å². The number of sulfonamides is 1. The zero-order valence-corrected chi connectivity index (χ0v) is 14.0. The molecular formula is C14H17F2N5O2S.